The molecule has 0 saturated carbocycles. The van der Waals surface area contributed by atoms with Crippen molar-refractivity contribution in [1.29, 1.82) is 0 Å². The lowest BCUT2D eigenvalue weighted by Gasteiger charge is -2.13. The van der Waals surface area contributed by atoms with Crippen LogP contribution in [0, 0.1) is 0 Å². The fourth-order valence-corrected chi connectivity index (χ4v) is 1.33. The van der Waals surface area contributed by atoms with Crippen LogP contribution in [0.5, 0.6) is 0 Å². The molecule has 0 fully saturated rings. The van der Waals surface area contributed by atoms with E-state index in [1.165, 1.54) is 5.56 Å². The van der Waals surface area contributed by atoms with Gasteiger partial charge >= 0.3 is 0 Å². The van der Waals surface area contributed by atoms with Crippen molar-refractivity contribution in [3.63, 3.8) is 0 Å². The van der Waals surface area contributed by atoms with Gasteiger partial charge in [0.2, 0.25) is 0 Å². The van der Waals surface area contributed by atoms with Crippen LogP contribution in [0.2, 0.25) is 0 Å². The first-order chi connectivity index (χ1) is 7.33. The SMILES string of the molecule is CNCCN(C)C/C=C/c1ccccc1. The van der Waals surface area contributed by atoms with Crippen molar-refractivity contribution in [1.82, 2.24) is 10.2 Å². The van der Waals surface area contributed by atoms with E-state index < -0.39 is 0 Å². The minimum absolute atomic E-state index is 0.997. The van der Waals surface area contributed by atoms with Crippen molar-refractivity contribution in [2.45, 2.75) is 0 Å². The van der Waals surface area contributed by atoms with Gasteiger partial charge in [0.25, 0.3) is 0 Å². The maximum atomic E-state index is 3.14. The summed E-state index contributed by atoms with van der Waals surface area (Å²) in [4.78, 5) is 2.29. The van der Waals surface area contributed by atoms with E-state index in [1.807, 2.05) is 13.1 Å². The van der Waals surface area contributed by atoms with Crippen LogP contribution < -0.4 is 5.32 Å². The van der Waals surface area contributed by atoms with E-state index in [1.54, 1.807) is 0 Å². The van der Waals surface area contributed by atoms with Crippen LogP contribution >= 0.6 is 0 Å². The average Bonchev–Trinajstić information content (AvgIpc) is 2.28. The van der Waals surface area contributed by atoms with E-state index >= 15 is 0 Å². The molecule has 15 heavy (non-hydrogen) atoms. The second-order valence-corrected chi connectivity index (χ2v) is 3.68. The van der Waals surface area contributed by atoms with Gasteiger partial charge in [0.15, 0.2) is 0 Å². The largest absolute Gasteiger partial charge is 0.318 e. The maximum Gasteiger partial charge on any atom is 0.0163 e. The standard InChI is InChI=1S/C13H20N2/c1-14-10-12-15(2)11-6-9-13-7-4-3-5-8-13/h3-9,14H,10-12H2,1-2H3/b9-6+. The Morgan fingerprint density at radius 1 is 1.27 bits per heavy atom. The van der Waals surface area contributed by atoms with Gasteiger partial charge in [0.05, 0.1) is 0 Å². The first-order valence-electron chi connectivity index (χ1n) is 5.37. The normalized spacial score (nSPS) is 11.4. The second-order valence-electron chi connectivity index (χ2n) is 3.68. The molecule has 0 aromatic heterocycles. The number of likely N-dealkylation sites (N-methyl/N-ethyl adjacent to an activating group) is 2. The Morgan fingerprint density at radius 3 is 2.67 bits per heavy atom. The molecule has 82 valence electrons. The van der Waals surface area contributed by atoms with Gasteiger partial charge < -0.3 is 10.2 Å². The first kappa shape index (κ1) is 12.0. The summed E-state index contributed by atoms with van der Waals surface area (Å²) in [6.07, 6.45) is 4.36. The molecule has 1 N–H and O–H groups in total. The van der Waals surface area contributed by atoms with Crippen LogP contribution in [0.1, 0.15) is 5.56 Å². The lowest BCUT2D eigenvalue weighted by Crippen LogP contribution is -2.27. The fraction of sp³-hybridized carbons (Fsp3) is 0.385. The molecule has 0 saturated heterocycles. The minimum Gasteiger partial charge on any atom is -0.318 e. The van der Waals surface area contributed by atoms with Gasteiger partial charge in [0.1, 0.15) is 0 Å². The first-order valence-corrected chi connectivity index (χ1v) is 5.37. The summed E-state index contributed by atoms with van der Waals surface area (Å²) >= 11 is 0. The molecular formula is C13H20N2. The third kappa shape index (κ3) is 5.35. The zero-order valence-corrected chi connectivity index (χ0v) is 9.61. The van der Waals surface area contributed by atoms with Gasteiger partial charge in [-0.3, -0.25) is 0 Å². The molecule has 1 aromatic carbocycles. The summed E-state index contributed by atoms with van der Waals surface area (Å²) < 4.78 is 0. The second kappa shape index (κ2) is 7.21. The van der Waals surface area contributed by atoms with Gasteiger partial charge in [-0.1, -0.05) is 42.5 Å². The van der Waals surface area contributed by atoms with Crippen LogP contribution in [-0.2, 0) is 0 Å². The van der Waals surface area contributed by atoms with Gasteiger partial charge in [-0.25, -0.2) is 0 Å². The Balaban J connectivity index is 2.27. The van der Waals surface area contributed by atoms with E-state index in [9.17, 15) is 0 Å². The van der Waals surface area contributed by atoms with Crippen LogP contribution in [0.25, 0.3) is 6.08 Å². The summed E-state index contributed by atoms with van der Waals surface area (Å²) in [5.41, 5.74) is 1.26. The van der Waals surface area contributed by atoms with E-state index in [-0.39, 0.29) is 0 Å². The molecule has 0 bridgehead atoms. The molecule has 1 rings (SSSR count). The molecule has 0 aliphatic carbocycles. The van der Waals surface area contributed by atoms with Crippen molar-refractivity contribution >= 4 is 6.08 Å². The summed E-state index contributed by atoms with van der Waals surface area (Å²) in [6.45, 7) is 3.11. The van der Waals surface area contributed by atoms with Gasteiger partial charge in [-0.15, -0.1) is 0 Å². The van der Waals surface area contributed by atoms with Crippen molar-refractivity contribution in [3.8, 4) is 0 Å². The highest BCUT2D eigenvalue weighted by molar-refractivity contribution is 5.48. The molecule has 0 spiro atoms. The average molecular weight is 204 g/mol. The number of benzene rings is 1. The van der Waals surface area contributed by atoms with Crippen molar-refractivity contribution in [2.75, 3.05) is 33.7 Å². The third-order valence-electron chi connectivity index (χ3n) is 2.27. The highest BCUT2D eigenvalue weighted by Crippen LogP contribution is 2.00. The topological polar surface area (TPSA) is 15.3 Å². The van der Waals surface area contributed by atoms with Crippen LogP contribution in [0.4, 0.5) is 0 Å². The molecule has 2 nitrogen and oxygen atoms in total. The predicted octanol–water partition coefficient (Wildman–Crippen LogP) is 1.85. The number of nitrogens with zero attached hydrogens (tertiary/aromatic N) is 1. The van der Waals surface area contributed by atoms with Gasteiger partial charge in [-0.2, -0.15) is 0 Å². The summed E-state index contributed by atoms with van der Waals surface area (Å²) in [5, 5.41) is 3.14. The highest BCUT2D eigenvalue weighted by Gasteiger charge is 1.92. The molecule has 0 aliphatic rings. The zero-order valence-electron chi connectivity index (χ0n) is 9.61. The molecule has 0 atom stereocenters. The molecule has 0 amide bonds. The van der Waals surface area contributed by atoms with Crippen LogP contribution in [0.15, 0.2) is 36.4 Å². The lowest BCUT2D eigenvalue weighted by molar-refractivity contribution is 0.371. The number of rotatable bonds is 6. The van der Waals surface area contributed by atoms with Gasteiger partial charge in [0, 0.05) is 19.6 Å². The Hall–Kier alpha value is -1.12. The summed E-state index contributed by atoms with van der Waals surface area (Å²) in [7, 11) is 4.11. The Labute approximate surface area is 92.6 Å². The number of nitrogens with one attached hydrogen (secondary N) is 1. The minimum atomic E-state index is 0.997. The Bertz CT molecular complexity index is 280. The fourth-order valence-electron chi connectivity index (χ4n) is 1.33. The van der Waals surface area contributed by atoms with Crippen molar-refractivity contribution in [2.24, 2.45) is 0 Å². The Morgan fingerprint density at radius 2 is 2.00 bits per heavy atom. The lowest BCUT2D eigenvalue weighted by atomic mass is 10.2. The van der Waals surface area contributed by atoms with E-state index in [0.717, 1.165) is 19.6 Å². The van der Waals surface area contributed by atoms with Gasteiger partial charge in [-0.05, 0) is 19.7 Å². The highest BCUT2D eigenvalue weighted by atomic mass is 15.1. The van der Waals surface area contributed by atoms with Crippen LogP contribution in [0.3, 0.4) is 0 Å². The Kier molecular flexibility index (Phi) is 5.74. The molecular weight excluding hydrogens is 184 g/mol. The van der Waals surface area contributed by atoms with Crippen molar-refractivity contribution in [3.05, 3.63) is 42.0 Å². The van der Waals surface area contributed by atoms with E-state index in [0.29, 0.717) is 0 Å². The monoisotopic (exact) mass is 204 g/mol. The molecule has 2 heteroatoms. The molecule has 1 aromatic rings. The number of hydrogen-bond acceptors (Lipinski definition) is 2. The maximum absolute atomic E-state index is 3.14. The molecule has 0 radical (unpaired) electrons. The van der Waals surface area contributed by atoms with E-state index in [4.69, 9.17) is 0 Å². The van der Waals surface area contributed by atoms with E-state index in [2.05, 4.69) is 53.7 Å². The summed E-state index contributed by atoms with van der Waals surface area (Å²) in [6, 6.07) is 10.4. The van der Waals surface area contributed by atoms with Crippen LogP contribution in [-0.4, -0.2) is 38.6 Å². The molecule has 0 aliphatic heterocycles. The molecule has 0 unspecified atom stereocenters. The van der Waals surface area contributed by atoms with Crippen molar-refractivity contribution < 1.29 is 0 Å². The predicted molar refractivity (Wildman–Crippen MR) is 66.9 cm³/mol. The quantitative estimate of drug-likeness (QED) is 0.761. The smallest absolute Gasteiger partial charge is 0.0163 e. The molecule has 0 heterocycles. The summed E-state index contributed by atoms with van der Waals surface area (Å²) in [5.74, 6) is 0. The number of hydrogen-bond donors (Lipinski definition) is 1. The zero-order chi connectivity index (χ0) is 10.9. The third-order valence-corrected chi connectivity index (χ3v) is 2.27.